The quantitative estimate of drug-likeness (QED) is 0.421. The Morgan fingerprint density at radius 1 is 1.07 bits per heavy atom. The van der Waals surface area contributed by atoms with Crippen molar-refractivity contribution in [3.8, 4) is 0 Å². The summed E-state index contributed by atoms with van der Waals surface area (Å²) in [5.41, 5.74) is 5.32. The first-order valence-corrected chi connectivity index (χ1v) is 16.4. The van der Waals surface area contributed by atoms with Crippen LogP contribution in [-0.2, 0) is 41.8 Å². The van der Waals surface area contributed by atoms with Crippen LogP contribution in [0.2, 0.25) is 0 Å². The van der Waals surface area contributed by atoms with Gasteiger partial charge in [0.1, 0.15) is 30.5 Å². The topological polar surface area (TPSA) is 166 Å². The van der Waals surface area contributed by atoms with Gasteiger partial charge in [0.2, 0.25) is 23.6 Å². The van der Waals surface area contributed by atoms with E-state index in [4.69, 9.17) is 15.2 Å². The number of hydrogen-bond donors (Lipinski definition) is 2. The number of nitrogens with two attached hydrogens (primary N) is 1. The number of primary amides is 1. The van der Waals surface area contributed by atoms with E-state index in [-0.39, 0.29) is 31.6 Å². The van der Waals surface area contributed by atoms with Gasteiger partial charge in [0, 0.05) is 31.3 Å². The van der Waals surface area contributed by atoms with Crippen molar-refractivity contribution in [1.29, 1.82) is 0 Å². The molecule has 3 atom stereocenters. The molecule has 13 nitrogen and oxygen atoms in total. The molecule has 45 heavy (non-hydrogen) atoms. The number of ether oxygens (including phenoxy) is 2. The van der Waals surface area contributed by atoms with Crippen LogP contribution in [0.1, 0.15) is 90.7 Å². The Balaban J connectivity index is 1.19. The van der Waals surface area contributed by atoms with Gasteiger partial charge in [0.05, 0.1) is 11.9 Å². The fourth-order valence-corrected chi connectivity index (χ4v) is 8.72. The number of nitrogens with one attached hydrogen (secondary N) is 1. The van der Waals surface area contributed by atoms with Crippen LogP contribution in [0.4, 0.5) is 4.79 Å². The molecule has 1 aromatic heterocycles. The molecule has 6 fully saturated rings. The maximum absolute atomic E-state index is 14.0. The number of nitrogens with zero attached hydrogens (tertiary/aromatic N) is 4. The van der Waals surface area contributed by atoms with Crippen molar-refractivity contribution in [1.82, 2.24) is 24.7 Å². The second-order valence-corrected chi connectivity index (χ2v) is 14.9. The molecule has 4 aliphatic carbocycles. The molecule has 13 heteroatoms. The molecule has 3 heterocycles. The monoisotopic (exact) mass is 626 g/mol. The van der Waals surface area contributed by atoms with Crippen molar-refractivity contribution < 1.29 is 33.4 Å². The highest BCUT2D eigenvalue weighted by molar-refractivity contribution is 6.02. The molecule has 4 bridgehead atoms. The molecule has 0 unspecified atom stereocenters. The number of rotatable bonds is 9. The highest BCUT2D eigenvalue weighted by Crippen LogP contribution is 2.57. The number of likely N-dealkylation sites (tertiary alicyclic amines) is 2. The third-order valence-corrected chi connectivity index (χ3v) is 10.3. The molecule has 0 radical (unpaired) electrons. The molecule has 4 saturated carbocycles. The zero-order valence-corrected chi connectivity index (χ0v) is 26.5. The first-order valence-electron chi connectivity index (χ1n) is 16.4. The Morgan fingerprint density at radius 2 is 1.73 bits per heavy atom. The van der Waals surface area contributed by atoms with Gasteiger partial charge in [-0.15, -0.1) is 0 Å². The SMILES string of the molecule is CC(C)(C)OC(=O)N1C(=O)CC[C@H]1C(=O)N[C@@H](Cc1cncn1COC12CC3CC(CC(C3)C1)C2)C(=O)N1CCC[C@H]1C(N)=O. The number of imidazole rings is 1. The Labute approximate surface area is 263 Å². The molecule has 2 saturated heterocycles. The number of imide groups is 1. The average Bonchev–Trinajstić information content (AvgIpc) is 3.69. The lowest BCUT2D eigenvalue weighted by atomic mass is 9.54. The van der Waals surface area contributed by atoms with E-state index in [0.29, 0.717) is 25.1 Å². The van der Waals surface area contributed by atoms with Gasteiger partial charge < -0.3 is 30.0 Å². The number of carbonyl (C=O) groups is 5. The van der Waals surface area contributed by atoms with Crippen LogP contribution in [-0.4, -0.2) is 84.9 Å². The summed E-state index contributed by atoms with van der Waals surface area (Å²) in [6, 6.07) is -2.99. The number of amides is 5. The third kappa shape index (κ3) is 6.59. The van der Waals surface area contributed by atoms with Gasteiger partial charge in [0.25, 0.3) is 0 Å². The molecule has 3 N–H and O–H groups in total. The van der Waals surface area contributed by atoms with Crippen LogP contribution in [0, 0.1) is 17.8 Å². The number of carbonyl (C=O) groups excluding carboxylic acids is 5. The lowest BCUT2D eigenvalue weighted by Gasteiger charge is -2.56. The van der Waals surface area contributed by atoms with Crippen LogP contribution >= 0.6 is 0 Å². The van der Waals surface area contributed by atoms with E-state index in [2.05, 4.69) is 10.3 Å². The van der Waals surface area contributed by atoms with Crippen molar-refractivity contribution in [2.75, 3.05) is 6.54 Å². The highest BCUT2D eigenvalue weighted by Gasteiger charge is 2.52. The minimum Gasteiger partial charge on any atom is -0.443 e. The van der Waals surface area contributed by atoms with Gasteiger partial charge in [-0.25, -0.2) is 14.7 Å². The largest absolute Gasteiger partial charge is 0.443 e. The summed E-state index contributed by atoms with van der Waals surface area (Å²) < 4.78 is 13.9. The van der Waals surface area contributed by atoms with Gasteiger partial charge in [-0.3, -0.25) is 19.2 Å². The summed E-state index contributed by atoms with van der Waals surface area (Å²) in [6.07, 6.45) is 10.8. The van der Waals surface area contributed by atoms with E-state index in [1.807, 2.05) is 4.57 Å². The van der Waals surface area contributed by atoms with Gasteiger partial charge in [-0.1, -0.05) is 0 Å². The van der Waals surface area contributed by atoms with Gasteiger partial charge in [-0.05, 0) is 96.3 Å². The first-order chi connectivity index (χ1) is 21.3. The van der Waals surface area contributed by atoms with Crippen LogP contribution in [0.15, 0.2) is 12.5 Å². The van der Waals surface area contributed by atoms with Crippen molar-refractivity contribution in [3.63, 3.8) is 0 Å². The fourth-order valence-electron chi connectivity index (χ4n) is 8.72. The van der Waals surface area contributed by atoms with Crippen LogP contribution in [0.25, 0.3) is 0 Å². The average molecular weight is 627 g/mol. The zero-order valence-electron chi connectivity index (χ0n) is 26.5. The van der Waals surface area contributed by atoms with E-state index in [9.17, 15) is 24.0 Å². The molecule has 246 valence electrons. The van der Waals surface area contributed by atoms with Crippen molar-refractivity contribution in [2.45, 2.75) is 127 Å². The second-order valence-electron chi connectivity index (χ2n) is 14.9. The molecule has 2 aliphatic heterocycles. The van der Waals surface area contributed by atoms with Gasteiger partial charge >= 0.3 is 6.09 Å². The Bertz CT molecular complexity index is 1320. The summed E-state index contributed by atoms with van der Waals surface area (Å²) in [6.45, 7) is 5.65. The predicted octanol–water partition coefficient (Wildman–Crippen LogP) is 2.26. The van der Waals surface area contributed by atoms with Crippen molar-refractivity contribution in [3.05, 3.63) is 18.2 Å². The molecule has 5 amide bonds. The van der Waals surface area contributed by atoms with E-state index in [0.717, 1.165) is 41.9 Å². The minimum atomic E-state index is -1.13. The maximum atomic E-state index is 14.0. The molecule has 0 spiro atoms. The lowest BCUT2D eigenvalue weighted by Crippen LogP contribution is -2.57. The van der Waals surface area contributed by atoms with Crippen LogP contribution in [0.5, 0.6) is 0 Å². The second kappa shape index (κ2) is 12.0. The normalized spacial score (nSPS) is 31.4. The molecule has 0 aromatic carbocycles. The maximum Gasteiger partial charge on any atom is 0.417 e. The summed E-state index contributed by atoms with van der Waals surface area (Å²) >= 11 is 0. The number of hydrogen-bond acceptors (Lipinski definition) is 8. The zero-order chi connectivity index (χ0) is 32.1. The van der Waals surface area contributed by atoms with E-state index >= 15 is 0 Å². The Morgan fingerprint density at radius 3 is 2.36 bits per heavy atom. The summed E-state index contributed by atoms with van der Waals surface area (Å²) in [7, 11) is 0. The molecular formula is C32H46N6O7. The molecule has 6 aliphatic rings. The van der Waals surface area contributed by atoms with Gasteiger partial charge in [-0.2, -0.15) is 0 Å². The lowest BCUT2D eigenvalue weighted by molar-refractivity contribution is -0.181. The Hall–Kier alpha value is -3.48. The highest BCUT2D eigenvalue weighted by atomic mass is 16.6. The minimum absolute atomic E-state index is 0.000246. The molecule has 1 aromatic rings. The van der Waals surface area contributed by atoms with E-state index < -0.39 is 53.4 Å². The molecule has 7 rings (SSSR count). The van der Waals surface area contributed by atoms with E-state index in [1.54, 1.807) is 33.3 Å². The predicted molar refractivity (Wildman–Crippen MR) is 160 cm³/mol. The van der Waals surface area contributed by atoms with E-state index in [1.165, 1.54) is 24.2 Å². The third-order valence-electron chi connectivity index (χ3n) is 10.3. The summed E-state index contributed by atoms with van der Waals surface area (Å²) in [5, 5.41) is 2.81. The standard InChI is InChI=1S/C32H46N6O7/c1-31(2,3)45-30(43)38-25(6-7-26(38)39)28(41)35-23(29(42)37-8-4-5-24(37)27(33)40)12-22-16-34-17-36(22)18-44-32-13-19-9-20(14-32)11-21(10-19)15-32/h16-17,19-21,23-25H,4-15,18H2,1-3H3,(H2,33,40)(H,35,41)/t19?,20?,21?,23-,24-,25-,32?/m0/s1. The van der Waals surface area contributed by atoms with Gasteiger partial charge in [0.15, 0.2) is 0 Å². The van der Waals surface area contributed by atoms with Crippen molar-refractivity contribution in [2.24, 2.45) is 23.5 Å². The van der Waals surface area contributed by atoms with Crippen LogP contribution < -0.4 is 11.1 Å². The summed E-state index contributed by atoms with van der Waals surface area (Å²) in [5.74, 6) is -0.00690. The number of aromatic nitrogens is 2. The smallest absolute Gasteiger partial charge is 0.417 e. The Kier molecular flexibility index (Phi) is 8.42. The first kappa shape index (κ1) is 31.5. The van der Waals surface area contributed by atoms with Crippen molar-refractivity contribution >= 4 is 29.7 Å². The van der Waals surface area contributed by atoms with Crippen LogP contribution in [0.3, 0.4) is 0 Å². The summed E-state index contributed by atoms with van der Waals surface area (Å²) in [4.78, 5) is 72.0. The fraction of sp³-hybridized carbons (Fsp3) is 0.750. The molecular weight excluding hydrogens is 580 g/mol.